The lowest BCUT2D eigenvalue weighted by Gasteiger charge is -2.39. The molecule has 4 rings (SSSR count). The van der Waals surface area contributed by atoms with Crippen molar-refractivity contribution in [2.45, 2.75) is 68.9 Å². The summed E-state index contributed by atoms with van der Waals surface area (Å²) in [5.41, 5.74) is 1.04. The van der Waals surface area contributed by atoms with Crippen molar-refractivity contribution in [2.24, 2.45) is 0 Å². The van der Waals surface area contributed by atoms with Crippen LogP contribution in [0.15, 0.2) is 30.3 Å². The zero-order valence-electron chi connectivity index (χ0n) is 17.0. The van der Waals surface area contributed by atoms with Crippen LogP contribution in [0.5, 0.6) is 0 Å². The number of ether oxygens (including phenoxy) is 1. The summed E-state index contributed by atoms with van der Waals surface area (Å²) in [5, 5.41) is 0. The SMILES string of the molecule is C[C@@H]1CCC[C@H](C)N1C(=O)COC(=O)[C@@H]1CS[C@@]2(c3ccccc3)CCC(=O)N12. The van der Waals surface area contributed by atoms with E-state index >= 15 is 0 Å². The molecule has 3 aliphatic heterocycles. The van der Waals surface area contributed by atoms with Crippen molar-refractivity contribution < 1.29 is 19.1 Å². The summed E-state index contributed by atoms with van der Waals surface area (Å²) < 4.78 is 5.44. The lowest BCUT2D eigenvalue weighted by atomic mass is 9.97. The molecule has 0 saturated carbocycles. The molecule has 3 aliphatic rings. The van der Waals surface area contributed by atoms with Crippen LogP contribution in [0, 0.1) is 0 Å². The highest BCUT2D eigenvalue weighted by Crippen LogP contribution is 2.54. The highest BCUT2D eigenvalue weighted by atomic mass is 32.2. The molecule has 0 bridgehead atoms. The van der Waals surface area contributed by atoms with Crippen LogP contribution in [-0.2, 0) is 24.0 Å². The van der Waals surface area contributed by atoms with Gasteiger partial charge in [0.15, 0.2) is 6.61 Å². The van der Waals surface area contributed by atoms with E-state index in [4.69, 9.17) is 4.74 Å². The largest absolute Gasteiger partial charge is 0.454 e. The van der Waals surface area contributed by atoms with E-state index in [1.807, 2.05) is 49.1 Å². The molecule has 2 amide bonds. The molecule has 3 saturated heterocycles. The van der Waals surface area contributed by atoms with Crippen LogP contribution in [0.3, 0.4) is 0 Å². The molecule has 4 atom stereocenters. The quantitative estimate of drug-likeness (QED) is 0.706. The summed E-state index contributed by atoms with van der Waals surface area (Å²) in [7, 11) is 0. The first-order chi connectivity index (χ1) is 13.9. The predicted octanol–water partition coefficient (Wildman–Crippen LogP) is 2.91. The van der Waals surface area contributed by atoms with Crippen molar-refractivity contribution in [3.63, 3.8) is 0 Å². The number of thioether (sulfide) groups is 1. The smallest absolute Gasteiger partial charge is 0.330 e. The molecule has 0 radical (unpaired) electrons. The molecular weight excluding hydrogens is 388 g/mol. The number of rotatable bonds is 4. The van der Waals surface area contributed by atoms with E-state index in [0.717, 1.165) is 24.8 Å². The van der Waals surface area contributed by atoms with Crippen LogP contribution in [0.25, 0.3) is 0 Å². The highest BCUT2D eigenvalue weighted by molar-refractivity contribution is 8.00. The Morgan fingerprint density at radius 3 is 2.55 bits per heavy atom. The van der Waals surface area contributed by atoms with Gasteiger partial charge in [-0.3, -0.25) is 9.59 Å². The number of hydrogen-bond acceptors (Lipinski definition) is 5. The first-order valence-electron chi connectivity index (χ1n) is 10.4. The van der Waals surface area contributed by atoms with Crippen LogP contribution < -0.4 is 0 Å². The molecule has 3 fully saturated rings. The molecule has 0 unspecified atom stereocenters. The average Bonchev–Trinajstić information content (AvgIpc) is 3.26. The topological polar surface area (TPSA) is 66.9 Å². The Kier molecular flexibility index (Phi) is 5.60. The van der Waals surface area contributed by atoms with Crippen molar-refractivity contribution in [3.8, 4) is 0 Å². The number of carbonyl (C=O) groups excluding carboxylic acids is 3. The standard InChI is InChI=1S/C22H28N2O4S/c1-15-7-6-8-16(2)23(15)20(26)13-28-21(27)18-14-29-22(12-11-19(25)24(18)22)17-9-4-3-5-10-17/h3-5,9-10,15-16,18H,6-8,11-14H2,1-2H3/t15-,16+,18-,22+/m0/s1. The molecule has 0 spiro atoms. The number of carbonyl (C=O) groups is 3. The van der Waals surface area contributed by atoms with E-state index in [9.17, 15) is 14.4 Å². The van der Waals surface area contributed by atoms with Gasteiger partial charge in [-0.15, -0.1) is 11.8 Å². The maximum atomic E-state index is 12.9. The molecule has 6 nitrogen and oxygen atoms in total. The van der Waals surface area contributed by atoms with Crippen molar-refractivity contribution in [1.82, 2.24) is 9.80 Å². The average molecular weight is 417 g/mol. The number of likely N-dealkylation sites (tertiary alicyclic amines) is 1. The van der Waals surface area contributed by atoms with Crippen LogP contribution >= 0.6 is 11.8 Å². The van der Waals surface area contributed by atoms with Crippen LogP contribution in [-0.4, -0.2) is 58.1 Å². The summed E-state index contributed by atoms with van der Waals surface area (Å²) in [6.45, 7) is 3.83. The zero-order chi connectivity index (χ0) is 20.6. The minimum absolute atomic E-state index is 0.0228. The van der Waals surface area contributed by atoms with Gasteiger partial charge in [0.2, 0.25) is 5.91 Å². The number of nitrogens with zero attached hydrogens (tertiary/aromatic N) is 2. The van der Waals surface area contributed by atoms with Gasteiger partial charge in [-0.2, -0.15) is 0 Å². The van der Waals surface area contributed by atoms with Gasteiger partial charge in [-0.05, 0) is 45.1 Å². The van der Waals surface area contributed by atoms with E-state index in [1.165, 1.54) is 0 Å². The van der Waals surface area contributed by atoms with Crippen molar-refractivity contribution in [1.29, 1.82) is 0 Å². The molecular formula is C22H28N2O4S. The second-order valence-electron chi connectivity index (χ2n) is 8.28. The second-order valence-corrected chi connectivity index (χ2v) is 9.58. The van der Waals surface area contributed by atoms with Gasteiger partial charge in [0.05, 0.1) is 0 Å². The number of piperidine rings is 1. The van der Waals surface area contributed by atoms with Crippen molar-refractivity contribution >= 4 is 29.5 Å². The van der Waals surface area contributed by atoms with E-state index in [2.05, 4.69) is 0 Å². The predicted molar refractivity (Wildman–Crippen MR) is 111 cm³/mol. The van der Waals surface area contributed by atoms with Crippen LogP contribution in [0.4, 0.5) is 0 Å². The number of benzene rings is 1. The summed E-state index contributed by atoms with van der Waals surface area (Å²) in [6.07, 6.45) is 4.18. The van der Waals surface area contributed by atoms with Gasteiger partial charge >= 0.3 is 5.97 Å². The van der Waals surface area contributed by atoms with Gasteiger partial charge in [-0.1, -0.05) is 30.3 Å². The molecule has 3 heterocycles. The fraction of sp³-hybridized carbons (Fsp3) is 0.591. The van der Waals surface area contributed by atoms with Gasteiger partial charge in [0.1, 0.15) is 10.9 Å². The Bertz CT molecular complexity index is 791. The third kappa shape index (κ3) is 3.54. The first-order valence-corrected chi connectivity index (χ1v) is 11.4. The Morgan fingerprint density at radius 2 is 1.86 bits per heavy atom. The van der Waals surface area contributed by atoms with E-state index in [-0.39, 0.29) is 30.5 Å². The third-order valence-electron chi connectivity index (χ3n) is 6.44. The summed E-state index contributed by atoms with van der Waals surface area (Å²) in [5.74, 6) is -0.156. The molecule has 156 valence electrons. The lowest BCUT2D eigenvalue weighted by Crippen LogP contribution is -2.50. The fourth-order valence-corrected chi connectivity index (χ4v) is 6.67. The minimum atomic E-state index is -0.640. The maximum absolute atomic E-state index is 12.9. The Balaban J connectivity index is 1.44. The molecule has 0 aliphatic carbocycles. The van der Waals surface area contributed by atoms with E-state index in [1.54, 1.807) is 16.7 Å². The number of esters is 1. The van der Waals surface area contributed by atoms with E-state index in [0.29, 0.717) is 18.6 Å². The normalized spacial score (nSPS) is 31.7. The van der Waals surface area contributed by atoms with E-state index < -0.39 is 16.9 Å². The third-order valence-corrected chi connectivity index (χ3v) is 8.04. The number of amides is 2. The molecule has 1 aromatic rings. The summed E-state index contributed by atoms with van der Waals surface area (Å²) in [6, 6.07) is 9.56. The molecule has 1 aromatic carbocycles. The van der Waals surface area contributed by atoms with Gasteiger partial charge in [0.25, 0.3) is 5.91 Å². The van der Waals surface area contributed by atoms with Crippen molar-refractivity contribution in [2.75, 3.05) is 12.4 Å². The lowest BCUT2D eigenvalue weighted by molar-refractivity contribution is -0.160. The van der Waals surface area contributed by atoms with Gasteiger partial charge < -0.3 is 14.5 Å². The second kappa shape index (κ2) is 8.01. The number of hydrogen-bond donors (Lipinski definition) is 0. The zero-order valence-corrected chi connectivity index (χ0v) is 17.8. The van der Waals surface area contributed by atoms with Crippen molar-refractivity contribution in [3.05, 3.63) is 35.9 Å². The molecule has 0 N–H and O–H groups in total. The Labute approximate surface area is 175 Å². The minimum Gasteiger partial charge on any atom is -0.454 e. The maximum Gasteiger partial charge on any atom is 0.330 e. The molecule has 0 aromatic heterocycles. The monoisotopic (exact) mass is 416 g/mol. The Morgan fingerprint density at radius 1 is 1.17 bits per heavy atom. The summed E-state index contributed by atoms with van der Waals surface area (Å²) >= 11 is 1.63. The van der Waals surface area contributed by atoms with Gasteiger partial charge in [-0.25, -0.2) is 4.79 Å². The van der Waals surface area contributed by atoms with Crippen LogP contribution in [0.2, 0.25) is 0 Å². The molecule has 7 heteroatoms. The molecule has 29 heavy (non-hydrogen) atoms. The first kappa shape index (κ1) is 20.3. The Hall–Kier alpha value is -2.02. The van der Waals surface area contributed by atoms with Gasteiger partial charge in [0, 0.05) is 24.3 Å². The fourth-order valence-electron chi connectivity index (χ4n) is 5.03. The van der Waals surface area contributed by atoms with Crippen LogP contribution in [0.1, 0.15) is 51.5 Å². The number of fused-ring (bicyclic) bond motifs is 1. The highest BCUT2D eigenvalue weighted by Gasteiger charge is 2.57. The summed E-state index contributed by atoms with van der Waals surface area (Å²) in [4.78, 5) is 41.2.